The summed E-state index contributed by atoms with van der Waals surface area (Å²) in [5.74, 6) is -0.425. The molecular formula is C23H17ClN4O2. The zero-order valence-electron chi connectivity index (χ0n) is 16.3. The highest BCUT2D eigenvalue weighted by Crippen LogP contribution is 2.27. The topological polar surface area (TPSA) is 78.1 Å². The average molecular weight is 417 g/mol. The van der Waals surface area contributed by atoms with E-state index in [1.54, 1.807) is 42.5 Å². The second kappa shape index (κ2) is 7.54. The predicted molar refractivity (Wildman–Crippen MR) is 115 cm³/mol. The van der Waals surface area contributed by atoms with Gasteiger partial charge in [-0.2, -0.15) is 5.26 Å². The summed E-state index contributed by atoms with van der Waals surface area (Å²) >= 11 is 5.90. The fourth-order valence-corrected chi connectivity index (χ4v) is 3.66. The fourth-order valence-electron chi connectivity index (χ4n) is 3.53. The van der Waals surface area contributed by atoms with Crippen molar-refractivity contribution >= 4 is 35.3 Å². The summed E-state index contributed by atoms with van der Waals surface area (Å²) in [6, 6.07) is 17.3. The summed E-state index contributed by atoms with van der Waals surface area (Å²) in [7, 11) is 0. The number of hydrogen-bond donors (Lipinski definition) is 1. The summed E-state index contributed by atoms with van der Waals surface area (Å²) in [5.41, 5.74) is 4.86. The van der Waals surface area contributed by atoms with Crippen LogP contribution in [-0.2, 0) is 4.79 Å². The van der Waals surface area contributed by atoms with Gasteiger partial charge in [0.05, 0.1) is 17.3 Å². The minimum Gasteiger partial charge on any atom is -0.318 e. The maximum atomic E-state index is 12.9. The van der Waals surface area contributed by atoms with Gasteiger partial charge in [-0.15, -0.1) is 0 Å². The Morgan fingerprint density at radius 1 is 1.00 bits per heavy atom. The third-order valence-electron chi connectivity index (χ3n) is 4.99. The van der Waals surface area contributed by atoms with Gasteiger partial charge in [0.15, 0.2) is 0 Å². The Morgan fingerprint density at radius 2 is 1.63 bits per heavy atom. The Labute approximate surface area is 178 Å². The van der Waals surface area contributed by atoms with Gasteiger partial charge in [0.1, 0.15) is 5.70 Å². The van der Waals surface area contributed by atoms with E-state index in [4.69, 9.17) is 16.9 Å². The van der Waals surface area contributed by atoms with Crippen LogP contribution in [0.15, 0.2) is 60.3 Å². The second-order valence-electron chi connectivity index (χ2n) is 6.93. The highest BCUT2D eigenvalue weighted by Gasteiger charge is 2.35. The van der Waals surface area contributed by atoms with Gasteiger partial charge in [0.25, 0.3) is 5.91 Å². The van der Waals surface area contributed by atoms with E-state index in [-0.39, 0.29) is 5.70 Å². The number of benzene rings is 2. The number of nitriles is 1. The minimum absolute atomic E-state index is 0.204. The van der Waals surface area contributed by atoms with Gasteiger partial charge in [-0.1, -0.05) is 11.6 Å². The molecule has 0 saturated carbocycles. The molecule has 1 N–H and O–H groups in total. The number of anilines is 1. The monoisotopic (exact) mass is 416 g/mol. The smallest absolute Gasteiger partial charge is 0.318 e. The van der Waals surface area contributed by atoms with E-state index in [0.29, 0.717) is 16.3 Å². The lowest BCUT2D eigenvalue weighted by atomic mass is 10.2. The van der Waals surface area contributed by atoms with Crippen molar-refractivity contribution in [3.63, 3.8) is 0 Å². The molecule has 1 aliphatic heterocycles. The van der Waals surface area contributed by atoms with Crippen LogP contribution in [0.4, 0.5) is 10.5 Å². The molecule has 1 saturated heterocycles. The molecule has 0 spiro atoms. The normalized spacial score (nSPS) is 14.9. The van der Waals surface area contributed by atoms with Crippen LogP contribution in [0.1, 0.15) is 22.5 Å². The zero-order valence-corrected chi connectivity index (χ0v) is 17.1. The number of imide groups is 1. The highest BCUT2D eigenvalue weighted by atomic mass is 35.5. The van der Waals surface area contributed by atoms with Crippen molar-refractivity contribution in [3.8, 4) is 11.8 Å². The number of urea groups is 1. The molecule has 3 amide bonds. The molecule has 148 valence electrons. The van der Waals surface area contributed by atoms with Gasteiger partial charge in [0.2, 0.25) is 0 Å². The van der Waals surface area contributed by atoms with E-state index in [1.165, 1.54) is 0 Å². The Hall–Kier alpha value is -3.82. The fraction of sp³-hybridized carbons (Fsp3) is 0.0870. The molecule has 1 aromatic heterocycles. The Balaban J connectivity index is 1.68. The molecule has 1 aliphatic rings. The Bertz CT molecular complexity index is 1230. The van der Waals surface area contributed by atoms with Crippen LogP contribution in [0.25, 0.3) is 11.8 Å². The van der Waals surface area contributed by atoms with Gasteiger partial charge in [-0.05, 0) is 80.1 Å². The van der Waals surface area contributed by atoms with Gasteiger partial charge in [-0.25, -0.2) is 9.69 Å². The average Bonchev–Trinajstić information content (AvgIpc) is 3.17. The van der Waals surface area contributed by atoms with E-state index >= 15 is 0 Å². The standard InChI is InChI=1S/C23H17ClN4O2/c1-14-11-17(15(2)27(14)19-7-3-16(13-25)4-8-19)12-21-22(29)28(23(30)26-21)20-9-5-18(24)6-10-20/h3-12H,1-2H3,(H,26,30)/b21-12+. The van der Waals surface area contributed by atoms with Gasteiger partial charge >= 0.3 is 6.03 Å². The molecule has 6 nitrogen and oxygen atoms in total. The van der Waals surface area contributed by atoms with Crippen molar-refractivity contribution in [2.45, 2.75) is 13.8 Å². The largest absolute Gasteiger partial charge is 0.333 e. The molecule has 7 heteroatoms. The van der Waals surface area contributed by atoms with Crippen LogP contribution in [0, 0.1) is 25.2 Å². The lowest BCUT2D eigenvalue weighted by molar-refractivity contribution is -0.113. The second-order valence-corrected chi connectivity index (χ2v) is 7.36. The van der Waals surface area contributed by atoms with Crippen LogP contribution >= 0.6 is 11.6 Å². The number of halogens is 1. The number of amides is 3. The number of carbonyl (C=O) groups excluding carboxylic acids is 2. The predicted octanol–water partition coefficient (Wildman–Crippen LogP) is 4.72. The molecule has 0 bridgehead atoms. The number of hydrogen-bond acceptors (Lipinski definition) is 3. The first kappa shape index (κ1) is 19.5. The molecular weight excluding hydrogens is 400 g/mol. The number of rotatable bonds is 3. The van der Waals surface area contributed by atoms with Crippen molar-refractivity contribution < 1.29 is 9.59 Å². The number of nitrogens with one attached hydrogen (secondary N) is 1. The maximum absolute atomic E-state index is 12.9. The Morgan fingerprint density at radius 3 is 2.27 bits per heavy atom. The quantitative estimate of drug-likeness (QED) is 0.495. The van der Waals surface area contributed by atoms with Crippen molar-refractivity contribution in [2.24, 2.45) is 0 Å². The third-order valence-corrected chi connectivity index (χ3v) is 5.24. The maximum Gasteiger partial charge on any atom is 0.333 e. The third kappa shape index (κ3) is 3.36. The summed E-state index contributed by atoms with van der Waals surface area (Å²) in [4.78, 5) is 26.3. The minimum atomic E-state index is -0.505. The summed E-state index contributed by atoms with van der Waals surface area (Å²) < 4.78 is 2.03. The molecule has 0 atom stereocenters. The lowest BCUT2D eigenvalue weighted by Crippen LogP contribution is -2.30. The van der Waals surface area contributed by atoms with Crippen LogP contribution < -0.4 is 10.2 Å². The van der Waals surface area contributed by atoms with E-state index in [2.05, 4.69) is 11.4 Å². The van der Waals surface area contributed by atoms with Crippen LogP contribution in [0.5, 0.6) is 0 Å². The molecule has 0 aliphatic carbocycles. The van der Waals surface area contributed by atoms with Crippen molar-refractivity contribution in [2.75, 3.05) is 4.90 Å². The first-order valence-electron chi connectivity index (χ1n) is 9.21. The van der Waals surface area contributed by atoms with Gasteiger partial charge in [0, 0.05) is 22.1 Å². The number of aromatic nitrogens is 1. The molecule has 30 heavy (non-hydrogen) atoms. The molecule has 1 fully saturated rings. The first-order chi connectivity index (χ1) is 14.4. The van der Waals surface area contributed by atoms with Crippen LogP contribution in [0.3, 0.4) is 0 Å². The molecule has 0 radical (unpaired) electrons. The van der Waals surface area contributed by atoms with Crippen molar-refractivity contribution in [1.82, 2.24) is 9.88 Å². The Kier molecular flexibility index (Phi) is 4.90. The number of aryl methyl sites for hydroxylation is 1. The van der Waals surface area contributed by atoms with E-state index in [9.17, 15) is 9.59 Å². The molecule has 4 rings (SSSR count). The molecule has 0 unspecified atom stereocenters. The lowest BCUT2D eigenvalue weighted by Gasteiger charge is -2.11. The van der Waals surface area contributed by atoms with Crippen molar-refractivity contribution in [3.05, 3.63) is 87.8 Å². The van der Waals surface area contributed by atoms with Crippen LogP contribution in [0.2, 0.25) is 5.02 Å². The highest BCUT2D eigenvalue weighted by molar-refractivity contribution is 6.31. The van der Waals surface area contributed by atoms with E-state index < -0.39 is 11.9 Å². The zero-order chi connectivity index (χ0) is 21.4. The SMILES string of the molecule is Cc1cc(/C=C2/NC(=O)N(c3ccc(Cl)cc3)C2=O)c(C)n1-c1ccc(C#N)cc1. The summed E-state index contributed by atoms with van der Waals surface area (Å²) in [6.45, 7) is 3.90. The van der Waals surface area contributed by atoms with E-state index in [1.807, 2.05) is 36.6 Å². The van der Waals surface area contributed by atoms with E-state index in [0.717, 1.165) is 27.5 Å². The molecule has 3 aromatic rings. The number of carbonyl (C=O) groups is 2. The van der Waals surface area contributed by atoms with Gasteiger partial charge < -0.3 is 9.88 Å². The van der Waals surface area contributed by atoms with Crippen LogP contribution in [-0.4, -0.2) is 16.5 Å². The molecule has 2 aromatic carbocycles. The molecule has 2 heterocycles. The summed E-state index contributed by atoms with van der Waals surface area (Å²) in [5, 5.41) is 12.2. The summed E-state index contributed by atoms with van der Waals surface area (Å²) in [6.07, 6.45) is 1.68. The number of nitrogens with zero attached hydrogens (tertiary/aromatic N) is 3. The van der Waals surface area contributed by atoms with Crippen molar-refractivity contribution in [1.29, 1.82) is 5.26 Å². The first-order valence-corrected chi connectivity index (χ1v) is 9.59. The van der Waals surface area contributed by atoms with Gasteiger partial charge in [-0.3, -0.25) is 4.79 Å².